The molecule has 0 unspecified atom stereocenters. The van der Waals surface area contributed by atoms with Crippen molar-refractivity contribution in [1.29, 1.82) is 0 Å². The third-order valence-corrected chi connectivity index (χ3v) is 2.98. The molecule has 0 saturated carbocycles. The van der Waals surface area contributed by atoms with Gasteiger partial charge in [0, 0.05) is 0 Å². The fourth-order valence-corrected chi connectivity index (χ4v) is 1.71. The predicted molar refractivity (Wildman–Crippen MR) is 72.4 cm³/mol. The van der Waals surface area contributed by atoms with Gasteiger partial charge in [0.25, 0.3) is 0 Å². The van der Waals surface area contributed by atoms with Crippen LogP contribution < -0.4 is 4.74 Å². The zero-order chi connectivity index (χ0) is 15.6. The van der Waals surface area contributed by atoms with Gasteiger partial charge in [-0.1, -0.05) is 6.07 Å². The number of nitrogens with zero attached hydrogens (tertiary/aromatic N) is 3. The molecule has 2 rings (SSSR count). The number of nitro groups is 1. The van der Waals surface area contributed by atoms with Crippen LogP contribution in [-0.2, 0) is 6.73 Å². The van der Waals surface area contributed by atoms with Gasteiger partial charge in [-0.25, -0.2) is 9.48 Å². The third kappa shape index (κ3) is 3.16. The van der Waals surface area contributed by atoms with Crippen LogP contribution in [0.1, 0.15) is 21.6 Å². The first kappa shape index (κ1) is 14.5. The molecule has 0 aliphatic rings. The lowest BCUT2D eigenvalue weighted by molar-refractivity contribution is -0.385. The number of carboxylic acid groups (broad SMARTS) is 1. The van der Waals surface area contributed by atoms with Crippen molar-refractivity contribution in [2.45, 2.75) is 20.6 Å². The topological polar surface area (TPSA) is 107 Å². The Morgan fingerprint density at radius 2 is 2.14 bits per heavy atom. The van der Waals surface area contributed by atoms with Gasteiger partial charge in [-0.2, -0.15) is 5.10 Å². The molecule has 1 N–H and O–H groups in total. The molecular weight excluding hydrogens is 278 g/mol. The monoisotopic (exact) mass is 291 g/mol. The van der Waals surface area contributed by atoms with Crippen molar-refractivity contribution >= 4 is 11.7 Å². The summed E-state index contributed by atoms with van der Waals surface area (Å²) in [7, 11) is 0. The van der Waals surface area contributed by atoms with Crippen molar-refractivity contribution in [3.8, 4) is 5.75 Å². The Balaban J connectivity index is 2.16. The van der Waals surface area contributed by atoms with Crippen LogP contribution in [0, 0.1) is 24.0 Å². The highest BCUT2D eigenvalue weighted by molar-refractivity contribution is 5.89. The fraction of sp³-hybridized carbons (Fsp3) is 0.231. The standard InChI is InChI=1S/C13H13N3O5/c1-8-3-4-10(5-9(8)2)21-7-15-6-11(16(19)20)12(14-15)13(17)18/h3-6H,7H2,1-2H3,(H,17,18). The average Bonchev–Trinajstić information content (AvgIpc) is 2.85. The van der Waals surface area contributed by atoms with E-state index in [0.29, 0.717) is 5.75 Å². The Morgan fingerprint density at radius 3 is 2.67 bits per heavy atom. The number of aromatic carboxylic acids is 1. The molecule has 0 spiro atoms. The second kappa shape index (κ2) is 5.61. The van der Waals surface area contributed by atoms with Gasteiger partial charge in [-0.3, -0.25) is 10.1 Å². The highest BCUT2D eigenvalue weighted by Gasteiger charge is 2.25. The fourth-order valence-electron chi connectivity index (χ4n) is 1.71. The first-order chi connectivity index (χ1) is 9.88. The summed E-state index contributed by atoms with van der Waals surface area (Å²) in [5, 5.41) is 23.2. The van der Waals surface area contributed by atoms with E-state index in [1.807, 2.05) is 26.0 Å². The summed E-state index contributed by atoms with van der Waals surface area (Å²) in [6, 6.07) is 5.47. The Labute approximate surface area is 119 Å². The minimum atomic E-state index is -1.45. The van der Waals surface area contributed by atoms with E-state index < -0.39 is 22.3 Å². The maximum atomic E-state index is 10.9. The minimum absolute atomic E-state index is 0.114. The van der Waals surface area contributed by atoms with Gasteiger partial charge >= 0.3 is 11.7 Å². The van der Waals surface area contributed by atoms with Gasteiger partial charge in [0.1, 0.15) is 11.9 Å². The predicted octanol–water partition coefficient (Wildman–Crippen LogP) is 2.14. The number of rotatable bonds is 5. The van der Waals surface area contributed by atoms with E-state index in [0.717, 1.165) is 22.0 Å². The molecule has 0 saturated heterocycles. The van der Waals surface area contributed by atoms with Crippen LogP contribution in [0.3, 0.4) is 0 Å². The summed E-state index contributed by atoms with van der Waals surface area (Å²) in [5.74, 6) is -0.875. The number of aryl methyl sites for hydroxylation is 2. The Bertz CT molecular complexity index is 676. The highest BCUT2D eigenvalue weighted by atomic mass is 16.6. The maximum Gasteiger partial charge on any atom is 0.363 e. The Morgan fingerprint density at radius 1 is 1.43 bits per heavy atom. The number of ether oxygens (including phenoxy) is 1. The number of hydrogen-bond acceptors (Lipinski definition) is 5. The van der Waals surface area contributed by atoms with Crippen LogP contribution >= 0.6 is 0 Å². The van der Waals surface area contributed by atoms with E-state index in [2.05, 4.69) is 5.10 Å². The molecule has 1 heterocycles. The van der Waals surface area contributed by atoms with Crippen LogP contribution in [0.4, 0.5) is 5.69 Å². The number of carboxylic acids is 1. The lowest BCUT2D eigenvalue weighted by atomic mass is 10.1. The lowest BCUT2D eigenvalue weighted by Gasteiger charge is -2.07. The minimum Gasteiger partial charge on any atom is -0.476 e. The maximum absolute atomic E-state index is 10.9. The van der Waals surface area contributed by atoms with Crippen molar-refractivity contribution in [1.82, 2.24) is 9.78 Å². The second-order valence-electron chi connectivity index (χ2n) is 4.48. The van der Waals surface area contributed by atoms with Gasteiger partial charge in [0.2, 0.25) is 5.69 Å². The van der Waals surface area contributed by atoms with Crippen molar-refractivity contribution in [3.05, 3.63) is 51.3 Å². The molecule has 0 fully saturated rings. The Kier molecular flexibility index (Phi) is 3.88. The molecule has 110 valence electrons. The van der Waals surface area contributed by atoms with E-state index in [1.54, 1.807) is 6.07 Å². The third-order valence-electron chi connectivity index (χ3n) is 2.98. The lowest BCUT2D eigenvalue weighted by Crippen LogP contribution is -2.08. The largest absolute Gasteiger partial charge is 0.476 e. The molecule has 2 aromatic rings. The number of benzene rings is 1. The molecule has 0 radical (unpaired) electrons. The molecule has 0 aliphatic heterocycles. The summed E-state index contributed by atoms with van der Waals surface area (Å²) in [6.45, 7) is 3.79. The first-order valence-corrected chi connectivity index (χ1v) is 6.03. The summed E-state index contributed by atoms with van der Waals surface area (Å²) in [6.07, 6.45) is 1.03. The van der Waals surface area contributed by atoms with Crippen molar-refractivity contribution < 1.29 is 19.6 Å². The van der Waals surface area contributed by atoms with E-state index in [-0.39, 0.29) is 6.73 Å². The van der Waals surface area contributed by atoms with Gasteiger partial charge in [-0.15, -0.1) is 0 Å². The summed E-state index contributed by atoms with van der Waals surface area (Å²) >= 11 is 0. The molecule has 1 aromatic heterocycles. The van der Waals surface area contributed by atoms with Gasteiger partial charge < -0.3 is 9.84 Å². The first-order valence-electron chi connectivity index (χ1n) is 6.03. The van der Waals surface area contributed by atoms with E-state index in [9.17, 15) is 14.9 Å². The Hall–Kier alpha value is -2.90. The number of hydrogen-bond donors (Lipinski definition) is 1. The van der Waals surface area contributed by atoms with Gasteiger partial charge in [0.05, 0.1) is 4.92 Å². The second-order valence-corrected chi connectivity index (χ2v) is 4.48. The van der Waals surface area contributed by atoms with Crippen LogP contribution in [-0.4, -0.2) is 25.8 Å². The molecule has 0 atom stereocenters. The van der Waals surface area contributed by atoms with Crippen molar-refractivity contribution in [3.63, 3.8) is 0 Å². The van der Waals surface area contributed by atoms with Crippen molar-refractivity contribution in [2.75, 3.05) is 0 Å². The molecule has 21 heavy (non-hydrogen) atoms. The molecule has 1 aromatic carbocycles. The quantitative estimate of drug-likeness (QED) is 0.668. The smallest absolute Gasteiger partial charge is 0.363 e. The highest BCUT2D eigenvalue weighted by Crippen LogP contribution is 2.19. The molecule has 8 heteroatoms. The number of carbonyl (C=O) groups is 1. The van der Waals surface area contributed by atoms with E-state index in [1.165, 1.54) is 0 Å². The molecule has 0 bridgehead atoms. The zero-order valence-electron chi connectivity index (χ0n) is 11.4. The van der Waals surface area contributed by atoms with E-state index >= 15 is 0 Å². The normalized spacial score (nSPS) is 10.4. The average molecular weight is 291 g/mol. The molecule has 8 nitrogen and oxygen atoms in total. The van der Waals surface area contributed by atoms with Gasteiger partial charge in [0.15, 0.2) is 6.73 Å². The number of aromatic nitrogens is 2. The molecule has 0 aliphatic carbocycles. The SMILES string of the molecule is Cc1ccc(OCn2cc([N+](=O)[O-])c(C(=O)O)n2)cc1C. The summed E-state index contributed by atoms with van der Waals surface area (Å²) in [5.41, 5.74) is 0.991. The molecule has 0 amide bonds. The van der Waals surface area contributed by atoms with Crippen LogP contribution in [0.2, 0.25) is 0 Å². The summed E-state index contributed by atoms with van der Waals surface area (Å²) < 4.78 is 6.52. The van der Waals surface area contributed by atoms with Crippen LogP contribution in [0.25, 0.3) is 0 Å². The van der Waals surface area contributed by atoms with Crippen LogP contribution in [0.15, 0.2) is 24.4 Å². The molecular formula is C13H13N3O5. The van der Waals surface area contributed by atoms with Gasteiger partial charge in [-0.05, 0) is 37.1 Å². The van der Waals surface area contributed by atoms with Crippen LogP contribution in [0.5, 0.6) is 5.75 Å². The zero-order valence-corrected chi connectivity index (χ0v) is 11.4. The van der Waals surface area contributed by atoms with Crippen molar-refractivity contribution in [2.24, 2.45) is 0 Å². The summed E-state index contributed by atoms with van der Waals surface area (Å²) in [4.78, 5) is 20.8. The van der Waals surface area contributed by atoms with E-state index in [4.69, 9.17) is 9.84 Å².